The minimum atomic E-state index is -0.536. The smallest absolute Gasteiger partial charge is 0.341 e. The van der Waals surface area contributed by atoms with Crippen molar-refractivity contribution in [2.24, 2.45) is 0 Å². The molecule has 0 radical (unpaired) electrons. The second kappa shape index (κ2) is 3.73. The van der Waals surface area contributed by atoms with Gasteiger partial charge in [0, 0.05) is 16.0 Å². The van der Waals surface area contributed by atoms with Gasteiger partial charge in [-0.15, -0.1) is 0 Å². The van der Waals surface area contributed by atoms with Crippen LogP contribution in [0.4, 0.5) is 0 Å². The standard InChI is InChI=1S/C10H8INO3/c1-15-10(14)7-2-3-12-5-6(11)4-8(12)9(7)13/h2-5,13H,1H3. The van der Waals surface area contributed by atoms with Crippen LogP contribution in [0.5, 0.6) is 5.75 Å². The van der Waals surface area contributed by atoms with E-state index in [1.807, 2.05) is 6.20 Å². The van der Waals surface area contributed by atoms with E-state index in [9.17, 15) is 9.90 Å². The summed E-state index contributed by atoms with van der Waals surface area (Å²) < 4.78 is 7.31. The van der Waals surface area contributed by atoms with E-state index in [1.54, 1.807) is 16.7 Å². The molecule has 2 aromatic rings. The monoisotopic (exact) mass is 317 g/mol. The molecule has 0 aromatic carbocycles. The molecular weight excluding hydrogens is 309 g/mol. The molecule has 4 nitrogen and oxygen atoms in total. The van der Waals surface area contributed by atoms with E-state index in [4.69, 9.17) is 0 Å². The zero-order chi connectivity index (χ0) is 11.0. The lowest BCUT2D eigenvalue weighted by Gasteiger charge is -2.04. The van der Waals surface area contributed by atoms with Crippen LogP contribution >= 0.6 is 22.6 Å². The number of esters is 1. The Morgan fingerprint density at radius 2 is 2.33 bits per heavy atom. The zero-order valence-corrected chi connectivity index (χ0v) is 10.1. The number of rotatable bonds is 1. The lowest BCUT2D eigenvalue weighted by Crippen LogP contribution is -2.02. The molecular formula is C10H8INO3. The van der Waals surface area contributed by atoms with Crippen LogP contribution in [0.15, 0.2) is 24.5 Å². The van der Waals surface area contributed by atoms with Crippen molar-refractivity contribution < 1.29 is 14.6 Å². The number of pyridine rings is 1. The molecule has 0 fully saturated rings. The molecule has 0 saturated heterocycles. The van der Waals surface area contributed by atoms with Gasteiger partial charge in [-0.05, 0) is 34.7 Å². The number of nitrogens with zero attached hydrogens (tertiary/aromatic N) is 1. The number of hydrogen-bond acceptors (Lipinski definition) is 3. The van der Waals surface area contributed by atoms with Gasteiger partial charge in [0.05, 0.1) is 12.6 Å². The Hall–Kier alpha value is -1.24. The number of hydrogen-bond donors (Lipinski definition) is 1. The number of aromatic nitrogens is 1. The van der Waals surface area contributed by atoms with Gasteiger partial charge < -0.3 is 14.2 Å². The predicted molar refractivity (Wildman–Crippen MR) is 63.1 cm³/mol. The van der Waals surface area contributed by atoms with Gasteiger partial charge in [0.25, 0.3) is 0 Å². The quantitative estimate of drug-likeness (QED) is 0.647. The molecule has 0 spiro atoms. The van der Waals surface area contributed by atoms with Crippen molar-refractivity contribution in [3.63, 3.8) is 0 Å². The zero-order valence-electron chi connectivity index (χ0n) is 7.90. The van der Waals surface area contributed by atoms with Gasteiger partial charge in [-0.2, -0.15) is 0 Å². The number of fused-ring (bicyclic) bond motifs is 1. The Kier molecular flexibility index (Phi) is 2.56. The molecule has 0 amide bonds. The van der Waals surface area contributed by atoms with E-state index in [0.717, 1.165) is 3.57 Å². The van der Waals surface area contributed by atoms with Crippen LogP contribution in [0.3, 0.4) is 0 Å². The topological polar surface area (TPSA) is 50.9 Å². The summed E-state index contributed by atoms with van der Waals surface area (Å²) in [6.45, 7) is 0. The summed E-state index contributed by atoms with van der Waals surface area (Å²) in [4.78, 5) is 11.3. The molecule has 0 aliphatic heterocycles. The van der Waals surface area contributed by atoms with Crippen molar-refractivity contribution >= 4 is 34.1 Å². The van der Waals surface area contributed by atoms with Crippen LogP contribution in [-0.2, 0) is 4.74 Å². The van der Waals surface area contributed by atoms with E-state index < -0.39 is 5.97 Å². The highest BCUT2D eigenvalue weighted by Crippen LogP contribution is 2.26. The molecule has 0 aliphatic carbocycles. The summed E-state index contributed by atoms with van der Waals surface area (Å²) >= 11 is 2.14. The summed E-state index contributed by atoms with van der Waals surface area (Å²) in [6.07, 6.45) is 3.57. The lowest BCUT2D eigenvalue weighted by molar-refractivity contribution is 0.0597. The summed E-state index contributed by atoms with van der Waals surface area (Å²) in [5.41, 5.74) is 0.779. The third-order valence-electron chi connectivity index (χ3n) is 2.12. The molecule has 78 valence electrons. The fourth-order valence-corrected chi connectivity index (χ4v) is 2.00. The highest BCUT2D eigenvalue weighted by molar-refractivity contribution is 14.1. The van der Waals surface area contributed by atoms with E-state index in [0.29, 0.717) is 5.52 Å². The van der Waals surface area contributed by atoms with Gasteiger partial charge in [-0.25, -0.2) is 4.79 Å². The van der Waals surface area contributed by atoms with Crippen molar-refractivity contribution in [1.82, 2.24) is 4.40 Å². The molecule has 2 rings (SSSR count). The minimum absolute atomic E-state index is 0.0488. The maximum atomic E-state index is 11.3. The van der Waals surface area contributed by atoms with Crippen LogP contribution in [0.2, 0.25) is 0 Å². The van der Waals surface area contributed by atoms with Gasteiger partial charge in [-0.1, -0.05) is 0 Å². The van der Waals surface area contributed by atoms with Crippen LogP contribution in [0, 0.1) is 3.57 Å². The Morgan fingerprint density at radius 3 is 3.00 bits per heavy atom. The van der Waals surface area contributed by atoms with Gasteiger partial charge in [-0.3, -0.25) is 0 Å². The van der Waals surface area contributed by atoms with Gasteiger partial charge in [0.2, 0.25) is 0 Å². The number of ether oxygens (including phenoxy) is 1. The lowest BCUT2D eigenvalue weighted by atomic mass is 10.2. The maximum absolute atomic E-state index is 11.3. The third-order valence-corrected chi connectivity index (χ3v) is 2.71. The summed E-state index contributed by atoms with van der Waals surface area (Å²) in [7, 11) is 1.29. The SMILES string of the molecule is COC(=O)c1ccn2cc(I)cc2c1O. The Balaban J connectivity index is 2.69. The van der Waals surface area contributed by atoms with Crippen molar-refractivity contribution in [3.05, 3.63) is 33.7 Å². The Morgan fingerprint density at radius 1 is 1.60 bits per heavy atom. The van der Waals surface area contributed by atoms with Crippen LogP contribution in [0.1, 0.15) is 10.4 Å². The maximum Gasteiger partial charge on any atom is 0.341 e. The average molecular weight is 317 g/mol. The van der Waals surface area contributed by atoms with Gasteiger partial charge in [0.1, 0.15) is 5.56 Å². The number of carbonyl (C=O) groups is 1. The molecule has 0 aliphatic rings. The fraction of sp³-hybridized carbons (Fsp3) is 0.100. The molecule has 0 atom stereocenters. The van der Waals surface area contributed by atoms with Gasteiger partial charge >= 0.3 is 5.97 Å². The highest BCUT2D eigenvalue weighted by atomic mass is 127. The number of carbonyl (C=O) groups excluding carboxylic acids is 1. The van der Waals surface area contributed by atoms with E-state index >= 15 is 0 Å². The van der Waals surface area contributed by atoms with Crippen molar-refractivity contribution in [2.45, 2.75) is 0 Å². The molecule has 0 bridgehead atoms. The normalized spacial score (nSPS) is 10.5. The number of methoxy groups -OCH3 is 1. The summed E-state index contributed by atoms with van der Waals surface area (Å²) in [6, 6.07) is 3.33. The Labute approximate surface area is 99.6 Å². The van der Waals surface area contributed by atoms with E-state index in [-0.39, 0.29) is 11.3 Å². The molecule has 0 saturated carbocycles. The first-order valence-corrected chi connectivity index (χ1v) is 5.29. The first kappa shape index (κ1) is 10.3. The van der Waals surface area contributed by atoms with Gasteiger partial charge in [0.15, 0.2) is 5.75 Å². The predicted octanol–water partition coefficient (Wildman–Crippen LogP) is 2.04. The molecule has 0 unspecified atom stereocenters. The van der Waals surface area contributed by atoms with E-state index in [1.165, 1.54) is 13.2 Å². The van der Waals surface area contributed by atoms with Crippen molar-refractivity contribution in [3.8, 4) is 5.75 Å². The first-order valence-electron chi connectivity index (χ1n) is 4.21. The van der Waals surface area contributed by atoms with Crippen molar-refractivity contribution in [2.75, 3.05) is 7.11 Å². The van der Waals surface area contributed by atoms with E-state index in [2.05, 4.69) is 27.3 Å². The molecule has 5 heteroatoms. The summed E-state index contributed by atoms with van der Waals surface area (Å²) in [5, 5.41) is 9.84. The average Bonchev–Trinajstić information content (AvgIpc) is 2.59. The molecule has 1 N–H and O–H groups in total. The van der Waals surface area contributed by atoms with Crippen LogP contribution in [0.25, 0.3) is 5.52 Å². The molecule has 2 heterocycles. The number of aromatic hydroxyl groups is 1. The van der Waals surface area contributed by atoms with Crippen LogP contribution < -0.4 is 0 Å². The first-order chi connectivity index (χ1) is 7.13. The third kappa shape index (κ3) is 1.67. The molecule has 15 heavy (non-hydrogen) atoms. The Bertz CT molecular complexity index is 533. The summed E-state index contributed by atoms with van der Waals surface area (Å²) in [5.74, 6) is -0.585. The minimum Gasteiger partial charge on any atom is -0.505 e. The second-order valence-electron chi connectivity index (χ2n) is 3.02. The fourth-order valence-electron chi connectivity index (χ4n) is 1.41. The molecule has 2 aromatic heterocycles. The number of halogens is 1. The highest BCUT2D eigenvalue weighted by Gasteiger charge is 2.14. The second-order valence-corrected chi connectivity index (χ2v) is 4.27. The van der Waals surface area contributed by atoms with Crippen molar-refractivity contribution in [1.29, 1.82) is 0 Å². The van der Waals surface area contributed by atoms with Crippen LogP contribution in [-0.4, -0.2) is 22.6 Å². The largest absolute Gasteiger partial charge is 0.505 e.